The molecule has 1 aromatic rings. The average Bonchev–Trinajstić information content (AvgIpc) is 2.42. The SMILES string of the molecule is CCC(N)C(=O)c1cn(C)nc1C. The van der Waals surface area contributed by atoms with Gasteiger partial charge in [-0.2, -0.15) is 5.10 Å². The highest BCUT2D eigenvalue weighted by Crippen LogP contribution is 2.08. The quantitative estimate of drug-likeness (QED) is 0.696. The number of hydrogen-bond acceptors (Lipinski definition) is 3. The zero-order valence-corrected chi connectivity index (χ0v) is 8.24. The Hall–Kier alpha value is -1.16. The third-order valence-electron chi connectivity index (χ3n) is 2.06. The van der Waals surface area contributed by atoms with Crippen molar-refractivity contribution in [1.29, 1.82) is 0 Å². The molecule has 1 rings (SSSR count). The minimum atomic E-state index is -0.400. The molecule has 1 heterocycles. The lowest BCUT2D eigenvalue weighted by atomic mass is 10.0. The third kappa shape index (κ3) is 1.95. The van der Waals surface area contributed by atoms with Crippen molar-refractivity contribution in [3.05, 3.63) is 17.5 Å². The van der Waals surface area contributed by atoms with E-state index in [4.69, 9.17) is 5.73 Å². The summed E-state index contributed by atoms with van der Waals surface area (Å²) in [7, 11) is 1.79. The minimum Gasteiger partial charge on any atom is -0.321 e. The molecule has 0 spiro atoms. The van der Waals surface area contributed by atoms with E-state index >= 15 is 0 Å². The van der Waals surface area contributed by atoms with Gasteiger partial charge in [0.25, 0.3) is 0 Å². The summed E-state index contributed by atoms with van der Waals surface area (Å²) in [5, 5.41) is 4.09. The van der Waals surface area contributed by atoms with Crippen molar-refractivity contribution < 1.29 is 4.79 Å². The first-order valence-corrected chi connectivity index (χ1v) is 4.36. The molecular formula is C9H15N3O. The van der Waals surface area contributed by atoms with Crippen molar-refractivity contribution in [2.24, 2.45) is 12.8 Å². The van der Waals surface area contributed by atoms with Crippen LogP contribution in [0.2, 0.25) is 0 Å². The van der Waals surface area contributed by atoms with Crippen LogP contribution in [0.25, 0.3) is 0 Å². The van der Waals surface area contributed by atoms with Gasteiger partial charge in [0.15, 0.2) is 5.78 Å². The van der Waals surface area contributed by atoms with Crippen LogP contribution in [0.4, 0.5) is 0 Å². The molecule has 0 fully saturated rings. The number of carbonyl (C=O) groups excluding carboxylic acids is 1. The summed E-state index contributed by atoms with van der Waals surface area (Å²) >= 11 is 0. The number of rotatable bonds is 3. The van der Waals surface area contributed by atoms with E-state index in [-0.39, 0.29) is 5.78 Å². The van der Waals surface area contributed by atoms with Crippen molar-refractivity contribution in [3.63, 3.8) is 0 Å². The Kier molecular flexibility index (Phi) is 2.83. The second-order valence-electron chi connectivity index (χ2n) is 3.18. The standard InChI is InChI=1S/C9H15N3O/c1-4-8(10)9(13)7-5-12(3)11-6(7)2/h5,8H,4,10H2,1-3H3. The number of nitrogens with zero attached hydrogens (tertiary/aromatic N) is 2. The molecule has 0 saturated carbocycles. The lowest BCUT2D eigenvalue weighted by Gasteiger charge is -2.05. The fourth-order valence-electron chi connectivity index (χ4n) is 1.23. The molecule has 1 unspecified atom stereocenters. The minimum absolute atomic E-state index is 0.0203. The van der Waals surface area contributed by atoms with Crippen LogP contribution < -0.4 is 5.73 Å². The van der Waals surface area contributed by atoms with Crippen LogP contribution in [0.15, 0.2) is 6.20 Å². The van der Waals surface area contributed by atoms with Crippen molar-refractivity contribution in [2.45, 2.75) is 26.3 Å². The molecule has 0 amide bonds. The van der Waals surface area contributed by atoms with Gasteiger partial charge in [0.1, 0.15) is 0 Å². The summed E-state index contributed by atoms with van der Waals surface area (Å²) in [5.74, 6) is -0.0203. The lowest BCUT2D eigenvalue weighted by Crippen LogP contribution is -2.29. The van der Waals surface area contributed by atoms with Crippen LogP contribution in [0, 0.1) is 6.92 Å². The molecule has 4 nitrogen and oxygen atoms in total. The summed E-state index contributed by atoms with van der Waals surface area (Å²) in [6.45, 7) is 3.71. The molecule has 13 heavy (non-hydrogen) atoms. The van der Waals surface area contributed by atoms with Gasteiger partial charge in [-0.3, -0.25) is 9.48 Å². The van der Waals surface area contributed by atoms with Crippen LogP contribution in [0.3, 0.4) is 0 Å². The monoisotopic (exact) mass is 181 g/mol. The lowest BCUT2D eigenvalue weighted by molar-refractivity contribution is 0.0959. The van der Waals surface area contributed by atoms with Crippen LogP contribution in [0.1, 0.15) is 29.4 Å². The van der Waals surface area contributed by atoms with Crippen LogP contribution in [-0.2, 0) is 7.05 Å². The summed E-state index contributed by atoms with van der Waals surface area (Å²) in [6, 6.07) is -0.400. The van der Waals surface area contributed by atoms with Gasteiger partial charge in [0.05, 0.1) is 17.3 Å². The smallest absolute Gasteiger partial charge is 0.182 e. The highest BCUT2D eigenvalue weighted by atomic mass is 16.1. The Balaban J connectivity index is 2.94. The molecule has 0 aliphatic rings. The van der Waals surface area contributed by atoms with Crippen molar-refractivity contribution in [3.8, 4) is 0 Å². The second kappa shape index (κ2) is 3.70. The van der Waals surface area contributed by atoms with Gasteiger partial charge >= 0.3 is 0 Å². The van der Waals surface area contributed by atoms with E-state index in [1.165, 1.54) is 0 Å². The molecular weight excluding hydrogens is 166 g/mol. The molecule has 0 radical (unpaired) electrons. The van der Waals surface area contributed by atoms with E-state index in [0.717, 1.165) is 5.69 Å². The average molecular weight is 181 g/mol. The number of Topliss-reactive ketones (excluding diaryl/α,β-unsaturated/α-hetero) is 1. The summed E-state index contributed by atoms with van der Waals surface area (Å²) < 4.78 is 1.63. The normalized spacial score (nSPS) is 12.9. The van der Waals surface area contributed by atoms with Gasteiger partial charge < -0.3 is 5.73 Å². The molecule has 1 aromatic heterocycles. The van der Waals surface area contributed by atoms with E-state index in [9.17, 15) is 4.79 Å². The number of hydrogen-bond donors (Lipinski definition) is 1. The van der Waals surface area contributed by atoms with Crippen molar-refractivity contribution >= 4 is 5.78 Å². The predicted octanol–water partition coefficient (Wildman–Crippen LogP) is 0.649. The van der Waals surface area contributed by atoms with Crippen LogP contribution in [-0.4, -0.2) is 21.6 Å². The molecule has 72 valence electrons. The van der Waals surface area contributed by atoms with Crippen molar-refractivity contribution in [2.75, 3.05) is 0 Å². The topological polar surface area (TPSA) is 60.9 Å². The largest absolute Gasteiger partial charge is 0.321 e. The number of nitrogens with two attached hydrogens (primary N) is 1. The molecule has 4 heteroatoms. The molecule has 1 atom stereocenters. The number of carbonyl (C=O) groups is 1. The molecule has 0 aliphatic carbocycles. The van der Waals surface area contributed by atoms with Gasteiger partial charge in [-0.1, -0.05) is 6.92 Å². The maximum absolute atomic E-state index is 11.6. The fourth-order valence-corrected chi connectivity index (χ4v) is 1.23. The Bertz CT molecular complexity index is 317. The predicted molar refractivity (Wildman–Crippen MR) is 50.5 cm³/mol. The molecule has 2 N–H and O–H groups in total. The maximum Gasteiger partial charge on any atom is 0.182 e. The summed E-state index contributed by atoms with van der Waals surface area (Å²) in [6.07, 6.45) is 2.38. The summed E-state index contributed by atoms with van der Waals surface area (Å²) in [4.78, 5) is 11.6. The van der Waals surface area contributed by atoms with Gasteiger partial charge in [-0.25, -0.2) is 0 Å². The molecule has 0 bridgehead atoms. The van der Waals surface area contributed by atoms with E-state index in [0.29, 0.717) is 12.0 Å². The summed E-state index contributed by atoms with van der Waals surface area (Å²) in [5.41, 5.74) is 7.02. The maximum atomic E-state index is 11.6. The third-order valence-corrected chi connectivity index (χ3v) is 2.06. The fraction of sp³-hybridized carbons (Fsp3) is 0.556. The first-order valence-electron chi connectivity index (χ1n) is 4.36. The first kappa shape index (κ1) is 9.92. The zero-order chi connectivity index (χ0) is 10.0. The number of ketones is 1. The van der Waals surface area contributed by atoms with Gasteiger partial charge in [-0.15, -0.1) is 0 Å². The zero-order valence-electron chi connectivity index (χ0n) is 8.24. The number of aryl methyl sites for hydroxylation is 2. The van der Waals surface area contributed by atoms with Gasteiger partial charge in [-0.05, 0) is 13.3 Å². The molecule has 0 aliphatic heterocycles. The van der Waals surface area contributed by atoms with Gasteiger partial charge in [0.2, 0.25) is 0 Å². The number of aromatic nitrogens is 2. The van der Waals surface area contributed by atoms with E-state index in [1.807, 2.05) is 13.8 Å². The molecule has 0 aromatic carbocycles. The van der Waals surface area contributed by atoms with E-state index in [1.54, 1.807) is 17.9 Å². The first-order chi connectivity index (χ1) is 6.06. The Morgan fingerprint density at radius 3 is 2.77 bits per heavy atom. The van der Waals surface area contributed by atoms with E-state index < -0.39 is 6.04 Å². The Labute approximate surface area is 77.7 Å². The van der Waals surface area contributed by atoms with Crippen LogP contribution >= 0.6 is 0 Å². The Morgan fingerprint density at radius 1 is 1.77 bits per heavy atom. The van der Waals surface area contributed by atoms with E-state index in [2.05, 4.69) is 5.10 Å². The highest BCUT2D eigenvalue weighted by molar-refractivity contribution is 6.00. The Morgan fingerprint density at radius 2 is 2.38 bits per heavy atom. The van der Waals surface area contributed by atoms with Crippen molar-refractivity contribution in [1.82, 2.24) is 9.78 Å². The van der Waals surface area contributed by atoms with Gasteiger partial charge in [0, 0.05) is 13.2 Å². The molecule has 0 saturated heterocycles. The highest BCUT2D eigenvalue weighted by Gasteiger charge is 2.17. The van der Waals surface area contributed by atoms with Crippen LogP contribution in [0.5, 0.6) is 0 Å². The second-order valence-corrected chi connectivity index (χ2v) is 3.18.